The van der Waals surface area contributed by atoms with Gasteiger partial charge in [0.1, 0.15) is 0 Å². The van der Waals surface area contributed by atoms with Crippen LogP contribution in [0.2, 0.25) is 0 Å². The highest BCUT2D eigenvalue weighted by Crippen LogP contribution is 2.35. The number of likely N-dealkylation sites (tertiary alicyclic amines) is 1. The molecule has 6 nitrogen and oxygen atoms in total. The minimum Gasteiger partial charge on any atom is -0.481 e. The molecule has 0 radical (unpaired) electrons. The topological polar surface area (TPSA) is 70.1 Å². The van der Waals surface area contributed by atoms with Crippen LogP contribution in [0.25, 0.3) is 0 Å². The van der Waals surface area contributed by atoms with Gasteiger partial charge in [0.05, 0.1) is 24.2 Å². The van der Waals surface area contributed by atoms with Crippen molar-refractivity contribution in [3.63, 3.8) is 0 Å². The Bertz CT molecular complexity index is 410. The summed E-state index contributed by atoms with van der Waals surface area (Å²) >= 11 is 0. The predicted octanol–water partition coefficient (Wildman–Crippen LogP) is 1.40. The number of urea groups is 1. The van der Waals surface area contributed by atoms with E-state index in [1.165, 1.54) is 0 Å². The molecule has 0 aromatic rings. The predicted molar refractivity (Wildman–Crippen MR) is 73.5 cm³/mol. The van der Waals surface area contributed by atoms with Gasteiger partial charge in [-0.05, 0) is 26.7 Å². The Morgan fingerprint density at radius 1 is 1.20 bits per heavy atom. The van der Waals surface area contributed by atoms with Gasteiger partial charge in [0, 0.05) is 19.6 Å². The average molecular weight is 284 g/mol. The highest BCUT2D eigenvalue weighted by molar-refractivity contribution is 5.80. The maximum atomic E-state index is 12.5. The molecule has 20 heavy (non-hydrogen) atoms. The molecule has 2 saturated heterocycles. The van der Waals surface area contributed by atoms with Crippen LogP contribution in [0.4, 0.5) is 4.79 Å². The Balaban J connectivity index is 2.03. The molecule has 2 amide bonds. The Morgan fingerprint density at radius 2 is 1.85 bits per heavy atom. The van der Waals surface area contributed by atoms with Gasteiger partial charge < -0.3 is 19.6 Å². The van der Waals surface area contributed by atoms with Crippen LogP contribution in [0.15, 0.2) is 0 Å². The number of rotatable bonds is 2. The van der Waals surface area contributed by atoms with Crippen molar-refractivity contribution < 1.29 is 19.4 Å². The largest absolute Gasteiger partial charge is 0.481 e. The van der Waals surface area contributed by atoms with Gasteiger partial charge in [-0.1, -0.05) is 6.92 Å². The zero-order valence-electron chi connectivity index (χ0n) is 12.5. The monoisotopic (exact) mass is 284 g/mol. The van der Waals surface area contributed by atoms with Gasteiger partial charge in [0.2, 0.25) is 0 Å². The summed E-state index contributed by atoms with van der Waals surface area (Å²) in [5.74, 6) is -0.794. The fourth-order valence-electron chi connectivity index (χ4n) is 3.03. The van der Waals surface area contributed by atoms with Crippen LogP contribution in [0.5, 0.6) is 0 Å². The molecule has 0 aromatic heterocycles. The SMILES string of the molecule is CCC1(C(=O)O)CCN(C(=O)N2CCOC(C)(C)C2)C1. The van der Waals surface area contributed by atoms with Crippen molar-refractivity contribution in [2.45, 2.75) is 39.2 Å². The molecular formula is C14H24N2O4. The van der Waals surface area contributed by atoms with Gasteiger partial charge >= 0.3 is 12.0 Å². The van der Waals surface area contributed by atoms with Gasteiger partial charge in [-0.25, -0.2) is 4.79 Å². The molecule has 2 aliphatic heterocycles. The number of nitrogens with zero attached hydrogens (tertiary/aromatic N) is 2. The third-order valence-corrected chi connectivity index (χ3v) is 4.45. The first-order valence-corrected chi connectivity index (χ1v) is 7.21. The zero-order chi connectivity index (χ0) is 15.0. The lowest BCUT2D eigenvalue weighted by Crippen LogP contribution is -2.54. The van der Waals surface area contributed by atoms with Crippen molar-refractivity contribution in [1.82, 2.24) is 9.80 Å². The van der Waals surface area contributed by atoms with Gasteiger partial charge in [-0.3, -0.25) is 4.79 Å². The molecule has 114 valence electrons. The third kappa shape index (κ3) is 2.75. The second-order valence-corrected chi connectivity index (χ2v) is 6.42. The maximum Gasteiger partial charge on any atom is 0.320 e. The summed E-state index contributed by atoms with van der Waals surface area (Å²) in [4.78, 5) is 27.4. The number of carbonyl (C=O) groups excluding carboxylic acids is 1. The number of carbonyl (C=O) groups is 2. The number of aliphatic carboxylic acids is 1. The van der Waals surface area contributed by atoms with E-state index in [-0.39, 0.29) is 11.6 Å². The number of hydrogen-bond donors (Lipinski definition) is 1. The maximum absolute atomic E-state index is 12.5. The molecular weight excluding hydrogens is 260 g/mol. The van der Waals surface area contributed by atoms with E-state index in [1.54, 1.807) is 9.80 Å². The van der Waals surface area contributed by atoms with Crippen LogP contribution >= 0.6 is 0 Å². The highest BCUT2D eigenvalue weighted by atomic mass is 16.5. The van der Waals surface area contributed by atoms with Gasteiger partial charge in [-0.15, -0.1) is 0 Å². The first kappa shape index (κ1) is 15.1. The fourth-order valence-corrected chi connectivity index (χ4v) is 3.03. The summed E-state index contributed by atoms with van der Waals surface area (Å²) in [6.07, 6.45) is 1.10. The van der Waals surface area contributed by atoms with E-state index in [0.717, 1.165) is 0 Å². The van der Waals surface area contributed by atoms with E-state index in [4.69, 9.17) is 4.74 Å². The number of carboxylic acid groups (broad SMARTS) is 1. The molecule has 6 heteroatoms. The third-order valence-electron chi connectivity index (χ3n) is 4.45. The van der Waals surface area contributed by atoms with Crippen molar-refractivity contribution in [3.05, 3.63) is 0 Å². The van der Waals surface area contributed by atoms with E-state index in [0.29, 0.717) is 45.6 Å². The van der Waals surface area contributed by atoms with Crippen LogP contribution < -0.4 is 0 Å². The van der Waals surface area contributed by atoms with Gasteiger partial charge in [0.25, 0.3) is 0 Å². The summed E-state index contributed by atoms with van der Waals surface area (Å²) in [6, 6.07) is -0.0575. The minimum absolute atomic E-state index is 0.0575. The molecule has 0 saturated carbocycles. The first-order chi connectivity index (χ1) is 9.30. The molecule has 0 aromatic carbocycles. The lowest BCUT2D eigenvalue weighted by atomic mass is 9.84. The van der Waals surface area contributed by atoms with E-state index in [9.17, 15) is 14.7 Å². The number of ether oxygens (including phenoxy) is 1. The van der Waals surface area contributed by atoms with Crippen molar-refractivity contribution in [1.29, 1.82) is 0 Å². The fraction of sp³-hybridized carbons (Fsp3) is 0.857. The lowest BCUT2D eigenvalue weighted by molar-refractivity contribution is -0.148. The molecule has 1 N–H and O–H groups in total. The van der Waals surface area contributed by atoms with Gasteiger partial charge in [0.15, 0.2) is 0 Å². The number of carboxylic acids is 1. The van der Waals surface area contributed by atoms with E-state index < -0.39 is 11.4 Å². The normalized spacial score (nSPS) is 29.6. The average Bonchev–Trinajstić information content (AvgIpc) is 2.82. The summed E-state index contributed by atoms with van der Waals surface area (Å²) < 4.78 is 5.60. The molecule has 0 spiro atoms. The van der Waals surface area contributed by atoms with Crippen molar-refractivity contribution in [2.75, 3.05) is 32.8 Å². The molecule has 0 bridgehead atoms. The second kappa shape index (κ2) is 5.24. The molecule has 2 rings (SSSR count). The van der Waals surface area contributed by atoms with Crippen LogP contribution in [-0.2, 0) is 9.53 Å². The highest BCUT2D eigenvalue weighted by Gasteiger charge is 2.46. The van der Waals surface area contributed by atoms with E-state index >= 15 is 0 Å². The van der Waals surface area contributed by atoms with Crippen LogP contribution in [0.3, 0.4) is 0 Å². The van der Waals surface area contributed by atoms with Crippen molar-refractivity contribution in [2.24, 2.45) is 5.41 Å². The quantitative estimate of drug-likeness (QED) is 0.832. The summed E-state index contributed by atoms with van der Waals surface area (Å²) in [5, 5.41) is 9.39. The second-order valence-electron chi connectivity index (χ2n) is 6.42. The molecule has 1 unspecified atom stereocenters. The zero-order valence-corrected chi connectivity index (χ0v) is 12.5. The first-order valence-electron chi connectivity index (χ1n) is 7.21. The minimum atomic E-state index is -0.794. The van der Waals surface area contributed by atoms with E-state index in [1.807, 2.05) is 20.8 Å². The molecule has 2 aliphatic rings. The summed E-state index contributed by atoms with van der Waals surface area (Å²) in [7, 11) is 0. The summed E-state index contributed by atoms with van der Waals surface area (Å²) in [5.41, 5.74) is -1.10. The summed E-state index contributed by atoms with van der Waals surface area (Å²) in [6.45, 7) is 8.30. The molecule has 0 aliphatic carbocycles. The standard InChI is InChI=1S/C14H24N2O4/c1-4-14(11(17)18)5-6-15(10-14)12(19)16-7-8-20-13(2,3)9-16/h4-10H2,1-3H3,(H,17,18). The van der Waals surface area contributed by atoms with Crippen LogP contribution in [0.1, 0.15) is 33.6 Å². The lowest BCUT2D eigenvalue weighted by Gasteiger charge is -2.39. The molecule has 1 atom stereocenters. The number of amides is 2. The Labute approximate surface area is 119 Å². The molecule has 2 fully saturated rings. The van der Waals surface area contributed by atoms with E-state index in [2.05, 4.69) is 0 Å². The van der Waals surface area contributed by atoms with Crippen molar-refractivity contribution >= 4 is 12.0 Å². The Hall–Kier alpha value is -1.30. The smallest absolute Gasteiger partial charge is 0.320 e. The Kier molecular flexibility index (Phi) is 3.95. The number of morpholine rings is 1. The number of hydrogen-bond acceptors (Lipinski definition) is 3. The van der Waals surface area contributed by atoms with Crippen LogP contribution in [-0.4, -0.2) is 65.3 Å². The Morgan fingerprint density at radius 3 is 2.35 bits per heavy atom. The van der Waals surface area contributed by atoms with Gasteiger partial charge in [-0.2, -0.15) is 0 Å². The molecule has 2 heterocycles. The van der Waals surface area contributed by atoms with Crippen LogP contribution in [0, 0.1) is 5.41 Å². The van der Waals surface area contributed by atoms with Crippen molar-refractivity contribution in [3.8, 4) is 0 Å².